The first-order chi connectivity index (χ1) is 10.0. The van der Waals surface area contributed by atoms with Gasteiger partial charge >= 0.3 is 7.12 Å². The summed E-state index contributed by atoms with van der Waals surface area (Å²) in [6.07, 6.45) is 0. The minimum atomic E-state index is -1.65. The molecule has 0 unspecified atom stereocenters. The van der Waals surface area contributed by atoms with E-state index in [2.05, 4.69) is 5.10 Å². The molecule has 21 heavy (non-hydrogen) atoms. The quantitative estimate of drug-likeness (QED) is 0.685. The maximum Gasteiger partial charge on any atom is 0.488 e. The fourth-order valence-corrected chi connectivity index (χ4v) is 1.91. The molecule has 8 heteroatoms. The molecule has 0 amide bonds. The zero-order valence-electron chi connectivity index (χ0n) is 11.7. The Bertz CT molecular complexity index is 687. The molecule has 1 heterocycles. The monoisotopic (exact) mass is 290 g/mol. The average Bonchev–Trinajstić information content (AvgIpc) is 2.49. The minimum Gasteiger partial charge on any atom is -0.497 e. The first-order valence-corrected chi connectivity index (χ1v) is 6.20. The summed E-state index contributed by atoms with van der Waals surface area (Å²) >= 11 is 0. The number of nitrogens with zero attached hydrogens (tertiary/aromatic N) is 2. The van der Waals surface area contributed by atoms with Gasteiger partial charge in [-0.3, -0.25) is 4.79 Å². The van der Waals surface area contributed by atoms with Crippen LogP contribution < -0.4 is 20.5 Å². The van der Waals surface area contributed by atoms with E-state index in [0.29, 0.717) is 17.2 Å². The average molecular weight is 290 g/mol. The minimum absolute atomic E-state index is 0.0696. The van der Waals surface area contributed by atoms with Gasteiger partial charge < -0.3 is 19.5 Å². The summed E-state index contributed by atoms with van der Waals surface area (Å²) in [5.74, 6) is 0.842. The lowest BCUT2D eigenvalue weighted by molar-refractivity contribution is 0.378. The molecule has 1 aromatic carbocycles. The zero-order chi connectivity index (χ0) is 15.4. The lowest BCUT2D eigenvalue weighted by Gasteiger charge is -2.12. The van der Waals surface area contributed by atoms with Gasteiger partial charge in [-0.2, -0.15) is 0 Å². The highest BCUT2D eigenvalue weighted by atomic mass is 16.5. The molecule has 110 valence electrons. The Hall–Kier alpha value is -2.32. The smallest absolute Gasteiger partial charge is 0.488 e. The second kappa shape index (κ2) is 6.42. The summed E-state index contributed by atoms with van der Waals surface area (Å²) < 4.78 is 11.3. The number of hydrogen-bond acceptors (Lipinski definition) is 6. The third-order valence-corrected chi connectivity index (χ3v) is 3.00. The molecule has 0 bridgehead atoms. The summed E-state index contributed by atoms with van der Waals surface area (Å²) in [5.41, 5.74) is 0.483. The molecule has 0 atom stereocenters. The van der Waals surface area contributed by atoms with Crippen LogP contribution in [0.25, 0.3) is 0 Å². The van der Waals surface area contributed by atoms with E-state index in [1.165, 1.54) is 37.1 Å². The summed E-state index contributed by atoms with van der Waals surface area (Å²) in [6, 6.07) is 7.57. The van der Waals surface area contributed by atoms with Gasteiger partial charge in [-0.1, -0.05) is 6.07 Å². The molecule has 2 rings (SSSR count). The van der Waals surface area contributed by atoms with Crippen molar-refractivity contribution in [2.24, 2.45) is 0 Å². The molecule has 7 nitrogen and oxygen atoms in total. The Morgan fingerprint density at radius 3 is 2.57 bits per heavy atom. The van der Waals surface area contributed by atoms with Crippen LogP contribution in [0.3, 0.4) is 0 Å². The highest BCUT2D eigenvalue weighted by molar-refractivity contribution is 6.59. The van der Waals surface area contributed by atoms with Gasteiger partial charge in [0.25, 0.3) is 5.56 Å². The van der Waals surface area contributed by atoms with Gasteiger partial charge in [-0.25, -0.2) is 4.68 Å². The maximum atomic E-state index is 11.8. The molecule has 2 aromatic rings. The molecule has 0 spiro atoms. The molecule has 0 aliphatic heterocycles. The van der Waals surface area contributed by atoms with Crippen LogP contribution in [-0.2, 0) is 6.54 Å². The van der Waals surface area contributed by atoms with E-state index in [9.17, 15) is 14.8 Å². The number of ether oxygens (including phenoxy) is 2. The van der Waals surface area contributed by atoms with Crippen molar-refractivity contribution in [1.29, 1.82) is 0 Å². The van der Waals surface area contributed by atoms with Crippen molar-refractivity contribution in [2.45, 2.75) is 6.54 Å². The van der Waals surface area contributed by atoms with Crippen LogP contribution in [0.4, 0.5) is 0 Å². The first kappa shape index (κ1) is 15.1. The van der Waals surface area contributed by atoms with Gasteiger partial charge in [0, 0.05) is 12.1 Å². The van der Waals surface area contributed by atoms with E-state index < -0.39 is 7.12 Å². The predicted octanol–water partition coefficient (Wildman–Crippen LogP) is -1.01. The van der Waals surface area contributed by atoms with Gasteiger partial charge in [0.1, 0.15) is 5.75 Å². The van der Waals surface area contributed by atoms with Crippen molar-refractivity contribution in [3.63, 3.8) is 0 Å². The zero-order valence-corrected chi connectivity index (χ0v) is 11.7. The van der Waals surface area contributed by atoms with Crippen LogP contribution in [-0.4, -0.2) is 41.2 Å². The fraction of sp³-hybridized carbons (Fsp3) is 0.231. The molecule has 0 aliphatic carbocycles. The normalized spacial score (nSPS) is 10.3. The second-order valence-electron chi connectivity index (χ2n) is 4.31. The highest BCUT2D eigenvalue weighted by Gasteiger charge is 2.17. The van der Waals surface area contributed by atoms with Crippen LogP contribution >= 0.6 is 0 Å². The van der Waals surface area contributed by atoms with Crippen molar-refractivity contribution in [1.82, 2.24) is 9.78 Å². The largest absolute Gasteiger partial charge is 0.497 e. The van der Waals surface area contributed by atoms with E-state index >= 15 is 0 Å². The van der Waals surface area contributed by atoms with E-state index in [1.807, 2.05) is 0 Å². The third kappa shape index (κ3) is 3.42. The number of methoxy groups -OCH3 is 2. The number of benzene rings is 1. The molecule has 2 N–H and O–H groups in total. The van der Waals surface area contributed by atoms with Gasteiger partial charge in [-0.05, 0) is 23.2 Å². The van der Waals surface area contributed by atoms with Crippen LogP contribution in [0.5, 0.6) is 11.6 Å². The van der Waals surface area contributed by atoms with Gasteiger partial charge in [0.15, 0.2) is 0 Å². The standard InChI is InChI=1S/C13H15BN2O5/c1-20-10-3-4-11(14(18)19)9(7-10)8-16-13(17)6-5-12(15-16)21-2/h3-7,18-19H,8H2,1-2H3. The fourth-order valence-electron chi connectivity index (χ4n) is 1.91. The van der Waals surface area contributed by atoms with Crippen LogP contribution in [0.1, 0.15) is 5.56 Å². The SMILES string of the molecule is COc1ccc(B(O)O)c(Cn2nc(OC)ccc2=O)c1. The van der Waals surface area contributed by atoms with E-state index in [4.69, 9.17) is 9.47 Å². The third-order valence-electron chi connectivity index (χ3n) is 3.00. The Labute approximate surface area is 121 Å². The van der Waals surface area contributed by atoms with Crippen molar-refractivity contribution in [2.75, 3.05) is 14.2 Å². The van der Waals surface area contributed by atoms with Crippen LogP contribution in [0.15, 0.2) is 35.1 Å². The van der Waals surface area contributed by atoms with Crippen LogP contribution in [0.2, 0.25) is 0 Å². The van der Waals surface area contributed by atoms with E-state index in [1.54, 1.807) is 12.1 Å². The molecule has 0 saturated heterocycles. The molecule has 0 aliphatic rings. The number of aromatic nitrogens is 2. The number of hydrogen-bond donors (Lipinski definition) is 2. The maximum absolute atomic E-state index is 11.8. The Balaban J connectivity index is 2.44. The van der Waals surface area contributed by atoms with E-state index in [-0.39, 0.29) is 17.6 Å². The van der Waals surface area contributed by atoms with Crippen LogP contribution in [0, 0.1) is 0 Å². The summed E-state index contributed by atoms with van der Waals surface area (Å²) in [6.45, 7) is 0.0696. The first-order valence-electron chi connectivity index (χ1n) is 6.20. The van der Waals surface area contributed by atoms with Gasteiger partial charge in [-0.15, -0.1) is 5.10 Å². The molecule has 1 aromatic heterocycles. The van der Waals surface area contributed by atoms with E-state index in [0.717, 1.165) is 0 Å². The van der Waals surface area contributed by atoms with Gasteiger partial charge in [0.05, 0.1) is 20.8 Å². The summed E-state index contributed by atoms with van der Waals surface area (Å²) in [7, 11) is 1.31. The van der Waals surface area contributed by atoms with Crippen molar-refractivity contribution >= 4 is 12.6 Å². The predicted molar refractivity (Wildman–Crippen MR) is 77.0 cm³/mol. The molecule has 0 saturated carbocycles. The van der Waals surface area contributed by atoms with Crippen molar-refractivity contribution < 1.29 is 19.5 Å². The van der Waals surface area contributed by atoms with Gasteiger partial charge in [0.2, 0.25) is 5.88 Å². The second-order valence-corrected chi connectivity index (χ2v) is 4.31. The molecular formula is C13H15BN2O5. The number of rotatable bonds is 5. The lowest BCUT2D eigenvalue weighted by Crippen LogP contribution is -2.35. The summed E-state index contributed by atoms with van der Waals surface area (Å²) in [5, 5.41) is 22.8. The molecule has 0 radical (unpaired) electrons. The van der Waals surface area contributed by atoms with Crippen molar-refractivity contribution in [3.05, 3.63) is 46.2 Å². The summed E-state index contributed by atoms with van der Waals surface area (Å²) in [4.78, 5) is 11.8. The lowest BCUT2D eigenvalue weighted by atomic mass is 9.77. The topological polar surface area (TPSA) is 93.8 Å². The molecule has 0 fully saturated rings. The Kier molecular flexibility index (Phi) is 4.61. The Morgan fingerprint density at radius 1 is 1.19 bits per heavy atom. The van der Waals surface area contributed by atoms with Crippen molar-refractivity contribution in [3.8, 4) is 11.6 Å². The molecular weight excluding hydrogens is 275 g/mol. The highest BCUT2D eigenvalue weighted by Crippen LogP contribution is 2.12. The Morgan fingerprint density at radius 2 is 1.95 bits per heavy atom.